The van der Waals surface area contributed by atoms with Crippen molar-refractivity contribution in [3.05, 3.63) is 29.8 Å². The third-order valence-electron chi connectivity index (χ3n) is 2.63. The van der Waals surface area contributed by atoms with Crippen molar-refractivity contribution in [3.8, 4) is 0 Å². The second-order valence-corrected chi connectivity index (χ2v) is 6.00. The maximum Gasteiger partial charge on any atom is 0.320 e. The molecule has 0 bridgehead atoms. The second kappa shape index (κ2) is 7.98. The lowest BCUT2D eigenvalue weighted by atomic mass is 10.1. The largest absolute Gasteiger partial charge is 0.480 e. The normalized spacial score (nSPS) is 12.5. The number of hydrogen-bond donors (Lipinski definition) is 3. The molecule has 0 aliphatic heterocycles. The third kappa shape index (κ3) is 6.65. The van der Waals surface area contributed by atoms with Crippen LogP contribution < -0.4 is 5.73 Å². The Hall–Kier alpha value is -1.44. The SMILES string of the molecule is CC(C)C(N)C(=O)O.CCc1ccc(S(=O)(=O)O)cc1. The van der Waals surface area contributed by atoms with Crippen LogP contribution in [0.25, 0.3) is 0 Å². The van der Waals surface area contributed by atoms with Crippen molar-refractivity contribution in [1.82, 2.24) is 0 Å². The van der Waals surface area contributed by atoms with Gasteiger partial charge < -0.3 is 10.8 Å². The average Bonchev–Trinajstić information content (AvgIpc) is 2.37. The number of carboxylic acids is 1. The molecule has 0 amide bonds. The summed E-state index contributed by atoms with van der Waals surface area (Å²) in [7, 11) is -4.03. The molecular weight excluding hydrogens is 282 g/mol. The van der Waals surface area contributed by atoms with Gasteiger partial charge >= 0.3 is 5.97 Å². The van der Waals surface area contributed by atoms with Crippen molar-refractivity contribution in [2.45, 2.75) is 38.1 Å². The summed E-state index contributed by atoms with van der Waals surface area (Å²) in [6, 6.07) is 5.45. The first-order valence-corrected chi connectivity index (χ1v) is 7.58. The highest BCUT2D eigenvalue weighted by atomic mass is 32.2. The lowest BCUT2D eigenvalue weighted by Crippen LogP contribution is -2.34. The predicted octanol–water partition coefficient (Wildman–Crippen LogP) is 1.55. The first-order chi connectivity index (χ1) is 9.09. The Labute approximate surface area is 119 Å². The molecule has 0 spiro atoms. The number of benzene rings is 1. The van der Waals surface area contributed by atoms with Gasteiger partial charge in [0.15, 0.2) is 0 Å². The number of hydrogen-bond acceptors (Lipinski definition) is 4. The Kier molecular flexibility index (Phi) is 7.41. The van der Waals surface area contributed by atoms with E-state index in [4.69, 9.17) is 15.4 Å². The summed E-state index contributed by atoms with van der Waals surface area (Å²) >= 11 is 0. The lowest BCUT2D eigenvalue weighted by Gasteiger charge is -2.07. The maximum absolute atomic E-state index is 10.6. The summed E-state index contributed by atoms with van der Waals surface area (Å²) < 4.78 is 29.8. The number of carbonyl (C=O) groups is 1. The van der Waals surface area contributed by atoms with Crippen molar-refractivity contribution >= 4 is 16.1 Å². The standard InChI is InChI=1S/C8H10O3S.C5H11NO2/c1-2-7-3-5-8(6-4-7)12(9,10)11;1-3(2)4(6)5(7)8/h3-6H,2H2,1H3,(H,9,10,11);3-4H,6H2,1-2H3,(H,7,8). The molecule has 0 fully saturated rings. The maximum atomic E-state index is 10.6. The molecule has 0 saturated carbocycles. The van der Waals surface area contributed by atoms with Gasteiger partial charge in [0.25, 0.3) is 10.1 Å². The number of nitrogens with two attached hydrogens (primary N) is 1. The van der Waals surface area contributed by atoms with E-state index in [-0.39, 0.29) is 10.8 Å². The highest BCUT2D eigenvalue weighted by molar-refractivity contribution is 7.85. The van der Waals surface area contributed by atoms with Gasteiger partial charge in [-0.15, -0.1) is 0 Å². The fourth-order valence-corrected chi connectivity index (χ4v) is 1.66. The van der Waals surface area contributed by atoms with Gasteiger partial charge in [-0.2, -0.15) is 8.42 Å². The zero-order valence-corrected chi connectivity index (χ0v) is 12.6. The Balaban J connectivity index is 0.000000396. The van der Waals surface area contributed by atoms with Crippen LogP contribution in [-0.4, -0.2) is 30.1 Å². The van der Waals surface area contributed by atoms with Crippen molar-refractivity contribution in [3.63, 3.8) is 0 Å². The molecule has 114 valence electrons. The smallest absolute Gasteiger partial charge is 0.320 e. The van der Waals surface area contributed by atoms with E-state index < -0.39 is 22.1 Å². The number of aryl methyl sites for hydroxylation is 1. The van der Waals surface area contributed by atoms with Gasteiger partial charge in [0.05, 0.1) is 4.90 Å². The van der Waals surface area contributed by atoms with Crippen molar-refractivity contribution in [1.29, 1.82) is 0 Å². The average molecular weight is 303 g/mol. The minimum absolute atomic E-state index is 0.0208. The summed E-state index contributed by atoms with van der Waals surface area (Å²) in [5, 5.41) is 8.23. The molecule has 1 rings (SSSR count). The van der Waals surface area contributed by atoms with Gasteiger partial charge in [0.1, 0.15) is 6.04 Å². The highest BCUT2D eigenvalue weighted by Gasteiger charge is 2.14. The van der Waals surface area contributed by atoms with Crippen molar-refractivity contribution < 1.29 is 22.9 Å². The van der Waals surface area contributed by atoms with Crippen LogP contribution in [0.15, 0.2) is 29.2 Å². The molecule has 1 aromatic carbocycles. The predicted molar refractivity (Wildman–Crippen MR) is 76.1 cm³/mol. The summed E-state index contributed by atoms with van der Waals surface area (Å²) in [6.07, 6.45) is 0.853. The van der Waals surface area contributed by atoms with Crippen LogP contribution in [0.2, 0.25) is 0 Å². The lowest BCUT2D eigenvalue weighted by molar-refractivity contribution is -0.139. The van der Waals surface area contributed by atoms with Crippen LogP contribution in [0, 0.1) is 5.92 Å². The van der Waals surface area contributed by atoms with E-state index in [0.717, 1.165) is 12.0 Å². The molecule has 0 heterocycles. The minimum atomic E-state index is -4.03. The van der Waals surface area contributed by atoms with E-state index >= 15 is 0 Å². The highest BCUT2D eigenvalue weighted by Crippen LogP contribution is 2.09. The van der Waals surface area contributed by atoms with Gasteiger partial charge in [-0.1, -0.05) is 32.9 Å². The number of aliphatic carboxylic acids is 1. The Bertz CT molecular complexity index is 522. The zero-order valence-electron chi connectivity index (χ0n) is 11.8. The molecule has 6 nitrogen and oxygen atoms in total. The molecule has 1 aromatic rings. The molecule has 1 atom stereocenters. The van der Waals surface area contributed by atoms with Gasteiger partial charge in [-0.05, 0) is 30.0 Å². The van der Waals surface area contributed by atoms with E-state index in [0.29, 0.717) is 0 Å². The first kappa shape index (κ1) is 18.6. The Morgan fingerprint density at radius 3 is 1.90 bits per heavy atom. The van der Waals surface area contributed by atoms with Crippen LogP contribution in [0.4, 0.5) is 0 Å². The molecular formula is C13H21NO5S. The summed E-state index contributed by atoms with van der Waals surface area (Å²) in [4.78, 5) is 9.96. The first-order valence-electron chi connectivity index (χ1n) is 6.14. The van der Waals surface area contributed by atoms with E-state index in [1.807, 2.05) is 6.92 Å². The fourth-order valence-electron chi connectivity index (χ4n) is 1.18. The Morgan fingerprint density at radius 2 is 1.70 bits per heavy atom. The monoisotopic (exact) mass is 303 g/mol. The fraction of sp³-hybridized carbons (Fsp3) is 0.462. The molecule has 4 N–H and O–H groups in total. The van der Waals surface area contributed by atoms with Gasteiger partial charge in [-0.3, -0.25) is 9.35 Å². The quantitative estimate of drug-likeness (QED) is 0.726. The van der Waals surface area contributed by atoms with Crippen molar-refractivity contribution in [2.24, 2.45) is 11.7 Å². The Morgan fingerprint density at radius 1 is 1.25 bits per heavy atom. The van der Waals surface area contributed by atoms with E-state index in [1.165, 1.54) is 12.1 Å². The van der Waals surface area contributed by atoms with Gasteiger partial charge in [-0.25, -0.2) is 0 Å². The zero-order chi connectivity index (χ0) is 15.9. The van der Waals surface area contributed by atoms with E-state index in [9.17, 15) is 13.2 Å². The summed E-state index contributed by atoms with van der Waals surface area (Å²) in [5.41, 5.74) is 6.20. The number of carboxylic acid groups (broad SMARTS) is 1. The molecule has 0 saturated heterocycles. The van der Waals surface area contributed by atoms with Crippen LogP contribution in [-0.2, 0) is 21.3 Å². The molecule has 0 aromatic heterocycles. The summed E-state index contributed by atoms with van der Waals surface area (Å²) in [6.45, 7) is 5.53. The molecule has 20 heavy (non-hydrogen) atoms. The van der Waals surface area contributed by atoms with E-state index in [2.05, 4.69) is 0 Å². The van der Waals surface area contributed by atoms with Gasteiger partial charge in [0.2, 0.25) is 0 Å². The van der Waals surface area contributed by atoms with Gasteiger partial charge in [0, 0.05) is 0 Å². The molecule has 0 radical (unpaired) electrons. The van der Waals surface area contributed by atoms with Crippen LogP contribution in [0.1, 0.15) is 26.3 Å². The van der Waals surface area contributed by atoms with Crippen LogP contribution in [0.5, 0.6) is 0 Å². The van der Waals surface area contributed by atoms with Crippen molar-refractivity contribution in [2.75, 3.05) is 0 Å². The minimum Gasteiger partial charge on any atom is -0.480 e. The topological polar surface area (TPSA) is 118 Å². The third-order valence-corrected chi connectivity index (χ3v) is 3.50. The van der Waals surface area contributed by atoms with Crippen LogP contribution in [0.3, 0.4) is 0 Å². The molecule has 7 heteroatoms. The second-order valence-electron chi connectivity index (χ2n) is 4.58. The molecule has 0 aliphatic carbocycles. The molecule has 0 aliphatic rings. The van der Waals surface area contributed by atoms with Crippen LogP contribution >= 0.6 is 0 Å². The number of rotatable bonds is 4. The van der Waals surface area contributed by atoms with E-state index in [1.54, 1.807) is 26.0 Å². The molecule has 1 unspecified atom stereocenters. The summed E-state index contributed by atoms with van der Waals surface area (Å²) in [5.74, 6) is -0.910.